The molecule has 1 heterocycles. The Hall–Kier alpha value is -0.0400. The molecule has 0 aromatic carbocycles. The van der Waals surface area contributed by atoms with Gasteiger partial charge in [-0.05, 0) is 51.1 Å². The summed E-state index contributed by atoms with van der Waals surface area (Å²) in [6.45, 7) is 9.79. The number of likely N-dealkylation sites (tertiary alicyclic amines) is 1. The fourth-order valence-electron chi connectivity index (χ4n) is 2.81. The third kappa shape index (κ3) is 4.86. The quantitative estimate of drug-likeness (QED) is 0.618. The molecular formula is C15H31N. The first-order valence-corrected chi connectivity index (χ1v) is 7.52. The Kier molecular flexibility index (Phi) is 7.11. The molecule has 1 heteroatoms. The lowest BCUT2D eigenvalue weighted by atomic mass is 9.95. The molecule has 1 nitrogen and oxygen atoms in total. The predicted molar refractivity (Wildman–Crippen MR) is 72.8 cm³/mol. The van der Waals surface area contributed by atoms with Gasteiger partial charge in [-0.25, -0.2) is 0 Å². The van der Waals surface area contributed by atoms with Crippen LogP contribution in [0.4, 0.5) is 0 Å². The van der Waals surface area contributed by atoms with Crippen LogP contribution < -0.4 is 0 Å². The molecule has 1 fully saturated rings. The van der Waals surface area contributed by atoms with Gasteiger partial charge in [-0.15, -0.1) is 0 Å². The zero-order valence-electron chi connectivity index (χ0n) is 11.7. The molecule has 0 saturated carbocycles. The lowest BCUT2D eigenvalue weighted by Crippen LogP contribution is -2.39. The molecule has 0 aromatic heterocycles. The summed E-state index contributed by atoms with van der Waals surface area (Å²) in [5.41, 5.74) is 0. The Morgan fingerprint density at radius 2 is 1.62 bits per heavy atom. The summed E-state index contributed by atoms with van der Waals surface area (Å²) in [6, 6.07) is 0.888. The fraction of sp³-hybridized carbons (Fsp3) is 1.00. The first kappa shape index (κ1) is 14.0. The molecule has 2 atom stereocenters. The van der Waals surface area contributed by atoms with Crippen LogP contribution in [0.1, 0.15) is 72.1 Å². The normalized spacial score (nSPS) is 21.9. The van der Waals surface area contributed by atoms with Gasteiger partial charge >= 0.3 is 0 Å². The van der Waals surface area contributed by atoms with Crippen molar-refractivity contribution in [3.8, 4) is 0 Å². The Morgan fingerprint density at radius 1 is 0.938 bits per heavy atom. The summed E-state index contributed by atoms with van der Waals surface area (Å²) in [4.78, 5) is 2.77. The zero-order chi connectivity index (χ0) is 11.8. The van der Waals surface area contributed by atoms with E-state index in [1.807, 2.05) is 0 Å². The second-order valence-corrected chi connectivity index (χ2v) is 5.63. The van der Waals surface area contributed by atoms with E-state index in [-0.39, 0.29) is 0 Å². The van der Waals surface area contributed by atoms with Gasteiger partial charge in [-0.3, -0.25) is 0 Å². The van der Waals surface area contributed by atoms with Gasteiger partial charge in [0.25, 0.3) is 0 Å². The van der Waals surface area contributed by atoms with Gasteiger partial charge in [0.1, 0.15) is 0 Å². The second kappa shape index (κ2) is 8.11. The van der Waals surface area contributed by atoms with Crippen LogP contribution in [0.3, 0.4) is 0 Å². The van der Waals surface area contributed by atoms with E-state index < -0.39 is 0 Å². The van der Waals surface area contributed by atoms with Crippen LogP contribution in [-0.4, -0.2) is 24.0 Å². The van der Waals surface area contributed by atoms with Gasteiger partial charge in [-0.2, -0.15) is 0 Å². The highest BCUT2D eigenvalue weighted by molar-refractivity contribution is 4.75. The molecule has 0 spiro atoms. The summed E-state index contributed by atoms with van der Waals surface area (Å²) in [5, 5.41) is 0. The maximum Gasteiger partial charge on any atom is 0.00952 e. The Labute approximate surface area is 103 Å². The molecule has 1 unspecified atom stereocenters. The van der Waals surface area contributed by atoms with Crippen LogP contribution in [0.2, 0.25) is 0 Å². The third-order valence-electron chi connectivity index (χ3n) is 4.22. The van der Waals surface area contributed by atoms with Crippen molar-refractivity contribution < 1.29 is 0 Å². The molecule has 96 valence electrons. The molecular weight excluding hydrogens is 194 g/mol. The third-order valence-corrected chi connectivity index (χ3v) is 4.22. The number of piperidine rings is 1. The highest BCUT2D eigenvalue weighted by atomic mass is 15.2. The monoisotopic (exact) mass is 225 g/mol. The molecule has 16 heavy (non-hydrogen) atoms. The SMILES string of the molecule is CCC[C@@H](CCC(C)CC)N1CCCCC1. The number of nitrogens with zero attached hydrogens (tertiary/aromatic N) is 1. The molecule has 0 radical (unpaired) electrons. The van der Waals surface area contributed by atoms with Crippen molar-refractivity contribution in [2.24, 2.45) is 5.92 Å². The molecule has 1 aliphatic heterocycles. The van der Waals surface area contributed by atoms with Gasteiger partial charge in [-0.1, -0.05) is 40.0 Å². The van der Waals surface area contributed by atoms with E-state index in [9.17, 15) is 0 Å². The first-order chi connectivity index (χ1) is 7.77. The average Bonchev–Trinajstić information content (AvgIpc) is 2.35. The van der Waals surface area contributed by atoms with Crippen molar-refractivity contribution in [1.29, 1.82) is 0 Å². The molecule has 0 bridgehead atoms. The summed E-state index contributed by atoms with van der Waals surface area (Å²) >= 11 is 0. The van der Waals surface area contributed by atoms with Crippen molar-refractivity contribution in [3.05, 3.63) is 0 Å². The van der Waals surface area contributed by atoms with E-state index >= 15 is 0 Å². The van der Waals surface area contributed by atoms with Crippen LogP contribution in [0.15, 0.2) is 0 Å². The fourth-order valence-corrected chi connectivity index (χ4v) is 2.81. The highest BCUT2D eigenvalue weighted by Crippen LogP contribution is 2.21. The van der Waals surface area contributed by atoms with Gasteiger partial charge < -0.3 is 4.90 Å². The van der Waals surface area contributed by atoms with Gasteiger partial charge in [0.2, 0.25) is 0 Å². The van der Waals surface area contributed by atoms with Gasteiger partial charge in [0, 0.05) is 6.04 Å². The first-order valence-electron chi connectivity index (χ1n) is 7.52. The van der Waals surface area contributed by atoms with Crippen LogP contribution in [0, 0.1) is 5.92 Å². The highest BCUT2D eigenvalue weighted by Gasteiger charge is 2.19. The molecule has 1 rings (SSSR count). The van der Waals surface area contributed by atoms with E-state index in [1.54, 1.807) is 0 Å². The minimum atomic E-state index is 0.888. The van der Waals surface area contributed by atoms with Gasteiger partial charge in [0.15, 0.2) is 0 Å². The number of hydrogen-bond acceptors (Lipinski definition) is 1. The minimum Gasteiger partial charge on any atom is -0.300 e. The molecule has 1 saturated heterocycles. The Morgan fingerprint density at radius 3 is 2.19 bits per heavy atom. The van der Waals surface area contributed by atoms with E-state index in [2.05, 4.69) is 25.7 Å². The average molecular weight is 225 g/mol. The summed E-state index contributed by atoms with van der Waals surface area (Å²) < 4.78 is 0. The van der Waals surface area contributed by atoms with Crippen LogP contribution >= 0.6 is 0 Å². The van der Waals surface area contributed by atoms with Crippen LogP contribution in [0.25, 0.3) is 0 Å². The number of rotatable bonds is 7. The van der Waals surface area contributed by atoms with Crippen molar-refractivity contribution >= 4 is 0 Å². The van der Waals surface area contributed by atoms with E-state index in [4.69, 9.17) is 0 Å². The van der Waals surface area contributed by atoms with Crippen molar-refractivity contribution in [1.82, 2.24) is 4.90 Å². The maximum atomic E-state index is 2.77. The zero-order valence-corrected chi connectivity index (χ0v) is 11.7. The predicted octanol–water partition coefficient (Wildman–Crippen LogP) is 4.47. The molecule has 0 aliphatic carbocycles. The summed E-state index contributed by atoms with van der Waals surface area (Å²) in [7, 11) is 0. The van der Waals surface area contributed by atoms with Crippen LogP contribution in [0.5, 0.6) is 0 Å². The molecule has 0 N–H and O–H groups in total. The second-order valence-electron chi connectivity index (χ2n) is 5.63. The van der Waals surface area contributed by atoms with Crippen LogP contribution in [-0.2, 0) is 0 Å². The maximum absolute atomic E-state index is 2.77. The minimum absolute atomic E-state index is 0.888. The Balaban J connectivity index is 2.33. The summed E-state index contributed by atoms with van der Waals surface area (Å²) in [5.74, 6) is 0.921. The van der Waals surface area contributed by atoms with Crippen molar-refractivity contribution in [2.45, 2.75) is 78.2 Å². The van der Waals surface area contributed by atoms with Gasteiger partial charge in [0.05, 0.1) is 0 Å². The smallest absolute Gasteiger partial charge is 0.00952 e. The molecule has 0 aromatic rings. The van der Waals surface area contributed by atoms with Crippen molar-refractivity contribution in [2.75, 3.05) is 13.1 Å². The van der Waals surface area contributed by atoms with E-state index in [0.29, 0.717) is 0 Å². The standard InChI is InChI=1S/C15H31N/c1-4-9-15(11-10-14(3)5-2)16-12-7-6-8-13-16/h14-15H,4-13H2,1-3H3/t14?,15-/m0/s1. The number of hydrogen-bond donors (Lipinski definition) is 0. The van der Waals surface area contributed by atoms with Crippen molar-refractivity contribution in [3.63, 3.8) is 0 Å². The van der Waals surface area contributed by atoms with E-state index in [0.717, 1.165) is 12.0 Å². The lowest BCUT2D eigenvalue weighted by molar-refractivity contribution is 0.141. The largest absolute Gasteiger partial charge is 0.300 e. The Bertz CT molecular complexity index is 161. The topological polar surface area (TPSA) is 3.24 Å². The molecule has 0 amide bonds. The lowest BCUT2D eigenvalue weighted by Gasteiger charge is -2.35. The van der Waals surface area contributed by atoms with E-state index in [1.165, 1.54) is 64.5 Å². The molecule has 1 aliphatic rings. The summed E-state index contributed by atoms with van der Waals surface area (Å²) in [6.07, 6.45) is 11.3.